The molecule has 0 amide bonds. The average Bonchev–Trinajstić information content (AvgIpc) is 2.77. The molecule has 0 saturated carbocycles. The number of phosphoric acid groups is 1. The van der Waals surface area contributed by atoms with Crippen LogP contribution < -0.4 is 5.48 Å². The fourth-order valence-corrected chi connectivity index (χ4v) is 4.31. The van der Waals surface area contributed by atoms with Crippen molar-refractivity contribution in [2.45, 2.75) is 149 Å². The van der Waals surface area contributed by atoms with Crippen LogP contribution in [0.2, 0.25) is 0 Å². The van der Waals surface area contributed by atoms with Crippen molar-refractivity contribution >= 4 is 7.82 Å². The first-order chi connectivity index (χ1) is 15.6. The molecule has 5 nitrogen and oxygen atoms in total. The van der Waals surface area contributed by atoms with E-state index in [2.05, 4.69) is 19.3 Å². The molecule has 0 spiro atoms. The van der Waals surface area contributed by atoms with Crippen molar-refractivity contribution in [3.63, 3.8) is 0 Å². The molecule has 6 heteroatoms. The topological polar surface area (TPSA) is 67.8 Å². The third-order valence-corrected chi connectivity index (χ3v) is 6.57. The van der Waals surface area contributed by atoms with E-state index >= 15 is 0 Å². The molecule has 0 saturated heterocycles. The van der Waals surface area contributed by atoms with Crippen molar-refractivity contribution in [2.24, 2.45) is 0 Å². The van der Waals surface area contributed by atoms with Crippen molar-refractivity contribution in [1.82, 2.24) is 5.48 Å². The minimum absolute atomic E-state index is 0.558. The van der Waals surface area contributed by atoms with Crippen molar-refractivity contribution in [3.8, 4) is 0 Å². The third-order valence-electron chi connectivity index (χ3n) is 5.83. The smallest absolute Gasteiger partial charge is 0.412 e. The Bertz CT molecular complexity index is 446. The summed E-state index contributed by atoms with van der Waals surface area (Å²) in [6.45, 7) is 5.03. The maximum Gasteiger partial charge on any atom is 0.543 e. The zero-order valence-electron chi connectivity index (χ0n) is 21.3. The number of hydrogen-bond acceptors (Lipinski definition) is 4. The first-order valence-electron chi connectivity index (χ1n) is 13.7. The lowest BCUT2D eigenvalue weighted by molar-refractivity contribution is 0.118. The van der Waals surface area contributed by atoms with Gasteiger partial charge in [-0.2, -0.15) is 10.1 Å². The van der Waals surface area contributed by atoms with Gasteiger partial charge in [0.2, 0.25) is 0 Å². The van der Waals surface area contributed by atoms with Gasteiger partial charge < -0.3 is 4.52 Å². The van der Waals surface area contributed by atoms with Crippen LogP contribution in [0.5, 0.6) is 0 Å². The standard InChI is InChI=1S/C26H54NO4P/c1-3-5-7-9-11-12-13-14-15-16-17-18-19-20-22-24-26-30-32(28,29)31-27-25-23-21-10-8-6-4-2/h24,26-27H,3-23,25H2,1-2H3,(H,28,29). The summed E-state index contributed by atoms with van der Waals surface area (Å²) in [6, 6.07) is 0. The van der Waals surface area contributed by atoms with E-state index in [4.69, 9.17) is 9.15 Å². The highest BCUT2D eigenvalue weighted by atomic mass is 31.2. The highest BCUT2D eigenvalue weighted by Gasteiger charge is 2.20. The van der Waals surface area contributed by atoms with Crippen LogP contribution in [0.3, 0.4) is 0 Å². The Hall–Kier alpha value is -0.350. The predicted molar refractivity (Wildman–Crippen MR) is 137 cm³/mol. The van der Waals surface area contributed by atoms with E-state index in [1.54, 1.807) is 6.08 Å². The Balaban J connectivity index is 3.35. The van der Waals surface area contributed by atoms with Gasteiger partial charge in [-0.05, 0) is 25.3 Å². The fraction of sp³-hybridized carbons (Fsp3) is 0.923. The number of hydrogen-bond donors (Lipinski definition) is 2. The molecular weight excluding hydrogens is 421 g/mol. The second kappa shape index (κ2) is 25.3. The van der Waals surface area contributed by atoms with E-state index in [9.17, 15) is 9.46 Å². The molecule has 0 heterocycles. The number of phosphoric ester groups is 1. The largest absolute Gasteiger partial charge is 0.543 e. The normalized spacial score (nSPS) is 13.6. The van der Waals surface area contributed by atoms with Crippen LogP contribution in [0.1, 0.15) is 149 Å². The summed E-state index contributed by atoms with van der Waals surface area (Å²) in [6.07, 6.45) is 29.8. The molecule has 2 N–H and O–H groups in total. The van der Waals surface area contributed by atoms with Gasteiger partial charge in [0.25, 0.3) is 0 Å². The molecule has 192 valence electrons. The van der Waals surface area contributed by atoms with Crippen LogP contribution in [0.15, 0.2) is 12.3 Å². The van der Waals surface area contributed by atoms with Gasteiger partial charge in [-0.1, -0.05) is 129 Å². The minimum atomic E-state index is -4.05. The van der Waals surface area contributed by atoms with Crippen LogP contribution in [0, 0.1) is 0 Å². The summed E-state index contributed by atoms with van der Waals surface area (Å²) in [5.74, 6) is 0. The van der Waals surface area contributed by atoms with Crippen molar-refractivity contribution in [3.05, 3.63) is 12.3 Å². The lowest BCUT2D eigenvalue weighted by Crippen LogP contribution is -2.14. The molecule has 0 aliphatic carbocycles. The van der Waals surface area contributed by atoms with Gasteiger partial charge in [0.15, 0.2) is 0 Å². The van der Waals surface area contributed by atoms with Crippen LogP contribution in [0.25, 0.3) is 0 Å². The number of unbranched alkanes of at least 4 members (excludes halogenated alkanes) is 19. The summed E-state index contributed by atoms with van der Waals surface area (Å²) >= 11 is 0. The van der Waals surface area contributed by atoms with Gasteiger partial charge in [-0.15, -0.1) is 0 Å². The van der Waals surface area contributed by atoms with E-state index < -0.39 is 7.82 Å². The SMILES string of the molecule is CCCCCCCCCCCCCCCCC=COP(=O)(O)ONCCCCCCCC. The van der Waals surface area contributed by atoms with Gasteiger partial charge in [0.05, 0.1) is 6.26 Å². The Labute approximate surface area is 199 Å². The van der Waals surface area contributed by atoms with Gasteiger partial charge in [-0.3, -0.25) is 4.89 Å². The van der Waals surface area contributed by atoms with Crippen molar-refractivity contribution in [2.75, 3.05) is 6.54 Å². The summed E-state index contributed by atoms with van der Waals surface area (Å²) in [7, 11) is -4.05. The van der Waals surface area contributed by atoms with Crippen molar-refractivity contribution in [1.29, 1.82) is 0 Å². The van der Waals surface area contributed by atoms with E-state index in [0.717, 1.165) is 25.7 Å². The van der Waals surface area contributed by atoms with E-state index in [1.807, 2.05) is 0 Å². The van der Waals surface area contributed by atoms with Gasteiger partial charge in [0, 0.05) is 6.54 Å². The van der Waals surface area contributed by atoms with E-state index in [0.29, 0.717) is 6.54 Å². The monoisotopic (exact) mass is 475 g/mol. The molecule has 0 aliphatic rings. The van der Waals surface area contributed by atoms with E-state index in [1.165, 1.54) is 115 Å². The maximum absolute atomic E-state index is 11.7. The Kier molecular flexibility index (Phi) is 25.0. The summed E-state index contributed by atoms with van der Waals surface area (Å²) in [4.78, 5) is 9.61. The van der Waals surface area contributed by atoms with Gasteiger partial charge >= 0.3 is 7.82 Å². The summed E-state index contributed by atoms with van der Waals surface area (Å²) < 4.78 is 21.4. The highest BCUT2D eigenvalue weighted by molar-refractivity contribution is 7.47. The molecule has 1 atom stereocenters. The van der Waals surface area contributed by atoms with Crippen LogP contribution in [-0.4, -0.2) is 11.4 Å². The minimum Gasteiger partial charge on any atom is -0.412 e. The average molecular weight is 476 g/mol. The molecule has 0 aromatic rings. The number of allylic oxidation sites excluding steroid dienone is 1. The number of hydroxylamine groups is 1. The summed E-state index contributed by atoms with van der Waals surface area (Å²) in [5.41, 5.74) is 2.55. The Morgan fingerprint density at radius 2 is 1.06 bits per heavy atom. The molecule has 0 aromatic carbocycles. The van der Waals surface area contributed by atoms with Gasteiger partial charge in [-0.25, -0.2) is 4.57 Å². The first kappa shape index (κ1) is 31.6. The Morgan fingerprint density at radius 3 is 1.53 bits per heavy atom. The lowest BCUT2D eigenvalue weighted by Gasteiger charge is -2.10. The van der Waals surface area contributed by atoms with Crippen LogP contribution >= 0.6 is 7.82 Å². The second-order valence-corrected chi connectivity index (χ2v) is 10.4. The first-order valence-corrected chi connectivity index (χ1v) is 15.2. The molecule has 32 heavy (non-hydrogen) atoms. The van der Waals surface area contributed by atoms with Crippen LogP contribution in [0.4, 0.5) is 0 Å². The maximum atomic E-state index is 11.7. The molecule has 0 rings (SSSR count). The zero-order valence-corrected chi connectivity index (χ0v) is 22.2. The molecular formula is C26H54NO4P. The number of rotatable bonds is 26. The number of nitrogens with one attached hydrogen (secondary N) is 1. The van der Waals surface area contributed by atoms with Gasteiger partial charge in [0.1, 0.15) is 0 Å². The quantitative estimate of drug-likeness (QED) is 0.0564. The van der Waals surface area contributed by atoms with Crippen molar-refractivity contribution < 1.29 is 18.6 Å². The highest BCUT2D eigenvalue weighted by Crippen LogP contribution is 2.42. The second-order valence-electron chi connectivity index (χ2n) is 9.08. The zero-order chi connectivity index (χ0) is 23.6. The molecule has 0 aromatic heterocycles. The lowest BCUT2D eigenvalue weighted by atomic mass is 10.0. The van der Waals surface area contributed by atoms with Crippen LogP contribution in [-0.2, 0) is 13.7 Å². The molecule has 1 unspecified atom stereocenters. The molecule has 0 radical (unpaired) electrons. The van der Waals surface area contributed by atoms with E-state index in [-0.39, 0.29) is 0 Å². The molecule has 0 bridgehead atoms. The molecule has 0 fully saturated rings. The predicted octanol–water partition coefficient (Wildman–Crippen LogP) is 9.37. The fourth-order valence-electron chi connectivity index (χ4n) is 3.77. The Morgan fingerprint density at radius 1 is 0.656 bits per heavy atom. The summed E-state index contributed by atoms with van der Waals surface area (Å²) in [5, 5.41) is 0. The molecule has 0 aliphatic heterocycles. The third kappa shape index (κ3) is 25.9.